The van der Waals surface area contributed by atoms with Crippen LogP contribution >= 0.6 is 0 Å². The highest BCUT2D eigenvalue weighted by atomic mass is 19.4. The number of benzene rings is 3. The van der Waals surface area contributed by atoms with E-state index in [1.807, 2.05) is 37.3 Å². The molecule has 0 unspecified atom stereocenters. The quantitative estimate of drug-likeness (QED) is 0.556. The van der Waals surface area contributed by atoms with Gasteiger partial charge in [0, 0.05) is 25.1 Å². The van der Waals surface area contributed by atoms with Gasteiger partial charge < -0.3 is 10.2 Å². The first-order valence-electron chi connectivity index (χ1n) is 11.0. The van der Waals surface area contributed by atoms with E-state index in [4.69, 9.17) is 0 Å². The maximum atomic E-state index is 13.5. The normalized spacial score (nSPS) is 17.9. The first-order chi connectivity index (χ1) is 16.1. The molecule has 0 aliphatic carbocycles. The SMILES string of the molecule is Cc1ccccc1CNC(=O)[C@]1(C)Cc2ccccc2C(=O)N1Cc1cccc(C(F)(F)F)c1. The number of carbonyl (C=O) groups is 2. The Morgan fingerprint density at radius 1 is 1.03 bits per heavy atom. The molecular weight excluding hydrogens is 441 g/mol. The number of carbonyl (C=O) groups excluding carboxylic acids is 2. The fraction of sp³-hybridized carbons (Fsp3) is 0.259. The Hall–Kier alpha value is -3.61. The highest BCUT2D eigenvalue weighted by Crippen LogP contribution is 2.34. The van der Waals surface area contributed by atoms with Crippen LogP contribution in [0, 0.1) is 6.92 Å². The van der Waals surface area contributed by atoms with Gasteiger partial charge in [-0.05, 0) is 54.3 Å². The Balaban J connectivity index is 1.67. The molecule has 7 heteroatoms. The molecule has 176 valence electrons. The topological polar surface area (TPSA) is 49.4 Å². The van der Waals surface area contributed by atoms with E-state index in [1.165, 1.54) is 17.0 Å². The Bertz CT molecular complexity index is 1240. The fourth-order valence-electron chi connectivity index (χ4n) is 4.37. The van der Waals surface area contributed by atoms with Crippen molar-refractivity contribution in [3.63, 3.8) is 0 Å². The molecule has 1 heterocycles. The zero-order chi connectivity index (χ0) is 24.5. The fourth-order valence-corrected chi connectivity index (χ4v) is 4.37. The number of fused-ring (bicyclic) bond motifs is 1. The van der Waals surface area contributed by atoms with Crippen molar-refractivity contribution in [3.8, 4) is 0 Å². The van der Waals surface area contributed by atoms with Crippen molar-refractivity contribution in [1.82, 2.24) is 10.2 Å². The predicted octanol–water partition coefficient (Wildman–Crippen LogP) is 5.29. The van der Waals surface area contributed by atoms with E-state index < -0.39 is 17.3 Å². The van der Waals surface area contributed by atoms with Crippen LogP contribution in [-0.4, -0.2) is 22.3 Å². The summed E-state index contributed by atoms with van der Waals surface area (Å²) in [5, 5.41) is 2.94. The molecule has 0 aromatic heterocycles. The lowest BCUT2D eigenvalue weighted by Gasteiger charge is -2.44. The van der Waals surface area contributed by atoms with Crippen LogP contribution in [0.2, 0.25) is 0 Å². The molecular formula is C27H25F3N2O2. The number of nitrogens with one attached hydrogen (secondary N) is 1. The summed E-state index contributed by atoms with van der Waals surface area (Å²) in [6.45, 7) is 3.78. The van der Waals surface area contributed by atoms with Crippen molar-refractivity contribution in [3.05, 3.63) is 106 Å². The summed E-state index contributed by atoms with van der Waals surface area (Å²) in [6, 6.07) is 19.6. The summed E-state index contributed by atoms with van der Waals surface area (Å²) in [5.74, 6) is -0.738. The average Bonchev–Trinajstić information content (AvgIpc) is 2.80. The maximum Gasteiger partial charge on any atom is 0.416 e. The van der Waals surface area contributed by atoms with Crippen molar-refractivity contribution in [1.29, 1.82) is 0 Å². The van der Waals surface area contributed by atoms with Gasteiger partial charge in [0.15, 0.2) is 0 Å². The lowest BCUT2D eigenvalue weighted by molar-refractivity contribution is -0.137. The van der Waals surface area contributed by atoms with Gasteiger partial charge in [0.05, 0.1) is 5.56 Å². The lowest BCUT2D eigenvalue weighted by atomic mass is 9.82. The highest BCUT2D eigenvalue weighted by Gasteiger charge is 2.46. The molecule has 4 rings (SSSR count). The number of aryl methyl sites for hydroxylation is 1. The van der Waals surface area contributed by atoms with E-state index >= 15 is 0 Å². The van der Waals surface area contributed by atoms with Gasteiger partial charge in [0.2, 0.25) is 5.91 Å². The summed E-state index contributed by atoms with van der Waals surface area (Å²) in [5.41, 5.74) is 1.41. The average molecular weight is 467 g/mol. The van der Waals surface area contributed by atoms with E-state index in [2.05, 4.69) is 5.32 Å². The smallest absolute Gasteiger partial charge is 0.350 e. The first-order valence-corrected chi connectivity index (χ1v) is 11.0. The lowest BCUT2D eigenvalue weighted by Crippen LogP contribution is -2.62. The Labute approximate surface area is 196 Å². The summed E-state index contributed by atoms with van der Waals surface area (Å²) in [4.78, 5) is 28.4. The van der Waals surface area contributed by atoms with Gasteiger partial charge in [-0.3, -0.25) is 9.59 Å². The van der Waals surface area contributed by atoms with Crippen molar-refractivity contribution in [2.24, 2.45) is 0 Å². The van der Waals surface area contributed by atoms with E-state index in [1.54, 1.807) is 25.1 Å². The first kappa shape index (κ1) is 23.5. The van der Waals surface area contributed by atoms with Crippen LogP contribution in [0.3, 0.4) is 0 Å². The minimum absolute atomic E-state index is 0.120. The molecule has 34 heavy (non-hydrogen) atoms. The molecule has 3 aromatic carbocycles. The van der Waals surface area contributed by atoms with Gasteiger partial charge >= 0.3 is 6.18 Å². The number of alkyl halides is 3. The maximum absolute atomic E-state index is 13.5. The molecule has 0 bridgehead atoms. The number of hydrogen-bond donors (Lipinski definition) is 1. The van der Waals surface area contributed by atoms with Crippen LogP contribution in [0.5, 0.6) is 0 Å². The number of rotatable bonds is 5. The molecule has 0 saturated carbocycles. The molecule has 0 radical (unpaired) electrons. The summed E-state index contributed by atoms with van der Waals surface area (Å²) >= 11 is 0. The molecule has 1 atom stereocenters. The van der Waals surface area contributed by atoms with Crippen molar-refractivity contribution in [2.75, 3.05) is 0 Å². The van der Waals surface area contributed by atoms with Gasteiger partial charge in [0.25, 0.3) is 5.91 Å². The van der Waals surface area contributed by atoms with Crippen LogP contribution in [0.4, 0.5) is 13.2 Å². The van der Waals surface area contributed by atoms with Crippen LogP contribution < -0.4 is 5.32 Å². The van der Waals surface area contributed by atoms with E-state index in [-0.39, 0.29) is 31.3 Å². The van der Waals surface area contributed by atoms with Gasteiger partial charge in [-0.1, -0.05) is 54.6 Å². The second-order valence-electron chi connectivity index (χ2n) is 8.81. The Morgan fingerprint density at radius 2 is 1.74 bits per heavy atom. The zero-order valence-corrected chi connectivity index (χ0v) is 18.9. The molecule has 0 fully saturated rings. The highest BCUT2D eigenvalue weighted by molar-refractivity contribution is 6.02. The number of halogens is 3. The Morgan fingerprint density at radius 3 is 2.47 bits per heavy atom. The van der Waals surface area contributed by atoms with Crippen molar-refractivity contribution in [2.45, 2.75) is 45.1 Å². The Kier molecular flexibility index (Phi) is 6.21. The monoisotopic (exact) mass is 466 g/mol. The van der Waals surface area contributed by atoms with E-state index in [9.17, 15) is 22.8 Å². The summed E-state index contributed by atoms with van der Waals surface area (Å²) in [7, 11) is 0. The van der Waals surface area contributed by atoms with Crippen molar-refractivity contribution < 1.29 is 22.8 Å². The van der Waals surface area contributed by atoms with E-state index in [0.29, 0.717) is 11.1 Å². The minimum Gasteiger partial charge on any atom is -0.350 e. The summed E-state index contributed by atoms with van der Waals surface area (Å²) in [6.07, 6.45) is -4.24. The minimum atomic E-state index is -4.50. The molecule has 1 aliphatic heterocycles. The third-order valence-corrected chi connectivity index (χ3v) is 6.41. The van der Waals surface area contributed by atoms with Gasteiger partial charge in [0.1, 0.15) is 5.54 Å². The molecule has 3 aromatic rings. The molecule has 4 nitrogen and oxygen atoms in total. The van der Waals surface area contributed by atoms with Gasteiger partial charge in [-0.25, -0.2) is 0 Å². The van der Waals surface area contributed by atoms with Crippen LogP contribution in [0.25, 0.3) is 0 Å². The van der Waals surface area contributed by atoms with Gasteiger partial charge in [-0.15, -0.1) is 0 Å². The number of amides is 2. The second-order valence-corrected chi connectivity index (χ2v) is 8.81. The number of nitrogens with zero attached hydrogens (tertiary/aromatic N) is 1. The third-order valence-electron chi connectivity index (χ3n) is 6.41. The molecule has 0 saturated heterocycles. The molecule has 0 spiro atoms. The standard InChI is InChI=1S/C27H25F3N2O2/c1-18-8-3-4-11-21(18)16-31-25(34)26(2)15-20-10-5-6-13-23(20)24(33)32(26)17-19-9-7-12-22(14-19)27(28,29)30/h3-14H,15-17H2,1-2H3,(H,31,34)/t26-/m0/s1. The molecule has 1 aliphatic rings. The summed E-state index contributed by atoms with van der Waals surface area (Å²) < 4.78 is 39.8. The van der Waals surface area contributed by atoms with Crippen LogP contribution in [0.15, 0.2) is 72.8 Å². The zero-order valence-electron chi connectivity index (χ0n) is 18.9. The van der Waals surface area contributed by atoms with Crippen molar-refractivity contribution >= 4 is 11.8 Å². The van der Waals surface area contributed by atoms with Crippen LogP contribution in [-0.2, 0) is 30.5 Å². The largest absolute Gasteiger partial charge is 0.416 e. The third kappa shape index (κ3) is 4.55. The second kappa shape index (κ2) is 8.97. The molecule has 1 N–H and O–H groups in total. The van der Waals surface area contributed by atoms with E-state index in [0.717, 1.165) is 28.8 Å². The number of hydrogen-bond acceptors (Lipinski definition) is 2. The predicted molar refractivity (Wildman–Crippen MR) is 123 cm³/mol. The van der Waals surface area contributed by atoms with Gasteiger partial charge in [-0.2, -0.15) is 13.2 Å². The molecule has 2 amide bonds. The van der Waals surface area contributed by atoms with Crippen LogP contribution in [0.1, 0.15) is 45.1 Å².